The zero-order chi connectivity index (χ0) is 33.2. The van der Waals surface area contributed by atoms with Crippen LogP contribution in [-0.2, 0) is 15.1 Å². The predicted molar refractivity (Wildman–Crippen MR) is 192 cm³/mol. The molecule has 0 aromatic rings. The molecule has 0 aromatic heterocycles. The van der Waals surface area contributed by atoms with Crippen molar-refractivity contribution in [3.8, 4) is 0 Å². The summed E-state index contributed by atoms with van der Waals surface area (Å²) in [6.07, 6.45) is 46.0. The Bertz CT molecular complexity index is 552. The molecule has 0 rings (SSSR count). The van der Waals surface area contributed by atoms with Gasteiger partial charge >= 0.3 is 59.1 Å². The van der Waals surface area contributed by atoms with Gasteiger partial charge in [-0.1, -0.05) is 206 Å². The maximum absolute atomic E-state index is 8.52. The summed E-state index contributed by atoms with van der Waals surface area (Å²) in [6.45, 7) is 12.6. The second-order valence-electron chi connectivity index (χ2n) is 12.6. The van der Waals surface area contributed by atoms with Crippen molar-refractivity contribution in [3.63, 3.8) is 0 Å². The fourth-order valence-electron chi connectivity index (χ4n) is 5.61. The summed E-state index contributed by atoms with van der Waals surface area (Å²) in [4.78, 5) is 0. The molecule has 0 heterocycles. The fourth-order valence-corrected chi connectivity index (χ4v) is 5.61. The van der Waals surface area contributed by atoms with Crippen molar-refractivity contribution in [1.29, 1.82) is 0 Å². The van der Waals surface area contributed by atoms with Gasteiger partial charge in [-0.3, -0.25) is 8.42 Å². The number of unbranched alkanes of at least 4 members (excludes halogenated alkanes) is 30. The SMILES string of the molecule is C=C.CCCCCCCCCCCCCCCCCCOCCCCCCCCCCCCCCCCCC.O=S(=O)([O-])[O-].[Na+].[Na+]. The van der Waals surface area contributed by atoms with Crippen LogP contribution in [0.25, 0.3) is 0 Å². The van der Waals surface area contributed by atoms with Crippen LogP contribution in [0.3, 0.4) is 0 Å². The van der Waals surface area contributed by atoms with Crippen molar-refractivity contribution < 1.29 is 81.4 Å². The van der Waals surface area contributed by atoms with E-state index in [-0.39, 0.29) is 59.1 Å². The van der Waals surface area contributed by atoms with Gasteiger partial charge in [0.05, 0.1) is 0 Å². The van der Waals surface area contributed by atoms with Crippen LogP contribution in [0.1, 0.15) is 219 Å². The molecule has 0 aromatic carbocycles. The standard InChI is InChI=1S/C36H74O.C2H4.2Na.H2O4S/c1-3-5-7-9-11-13-15-17-19-21-23-25-27-29-31-33-35-37-36-34-32-30-28-26-24-22-20-18-16-14-12-10-8-6-4-2;1-2;;;1-5(2,3)4/h3-36H2,1-2H3;1-2H2;;;(H2,1,2,3,4)/q;;2*+1;/p-2. The van der Waals surface area contributed by atoms with E-state index in [4.69, 9.17) is 22.3 Å². The molecule has 0 radical (unpaired) electrons. The van der Waals surface area contributed by atoms with E-state index < -0.39 is 10.4 Å². The number of ether oxygens (including phenoxy) is 1. The largest absolute Gasteiger partial charge is 1.00 e. The van der Waals surface area contributed by atoms with Crippen molar-refractivity contribution in [3.05, 3.63) is 13.2 Å². The Hall–Kier alpha value is 1.57. The van der Waals surface area contributed by atoms with Crippen molar-refractivity contribution in [2.75, 3.05) is 13.2 Å². The predicted octanol–water partition coefficient (Wildman–Crippen LogP) is 7.00. The molecule has 0 bridgehead atoms. The molecular weight excluding hydrogens is 614 g/mol. The molecule has 0 atom stereocenters. The first kappa shape index (κ1) is 56.9. The average Bonchev–Trinajstić information content (AvgIpc) is 2.99. The number of rotatable bonds is 34. The van der Waals surface area contributed by atoms with Crippen LogP contribution in [-0.4, -0.2) is 30.7 Å². The Morgan fingerprint density at radius 3 is 0.652 bits per heavy atom. The van der Waals surface area contributed by atoms with Gasteiger partial charge in [0.1, 0.15) is 0 Å². The smallest absolute Gasteiger partial charge is 0.759 e. The summed E-state index contributed by atoms with van der Waals surface area (Å²) in [5.41, 5.74) is 0. The summed E-state index contributed by atoms with van der Waals surface area (Å²) >= 11 is 0. The van der Waals surface area contributed by atoms with E-state index in [1.807, 2.05) is 0 Å². The van der Waals surface area contributed by atoms with Crippen molar-refractivity contribution >= 4 is 10.4 Å². The Morgan fingerprint density at radius 2 is 0.500 bits per heavy atom. The van der Waals surface area contributed by atoms with Crippen LogP contribution in [0.15, 0.2) is 13.2 Å². The molecule has 0 fully saturated rings. The molecule has 0 amide bonds. The van der Waals surface area contributed by atoms with Gasteiger partial charge < -0.3 is 13.8 Å². The Morgan fingerprint density at radius 1 is 0.370 bits per heavy atom. The third-order valence-electron chi connectivity index (χ3n) is 8.28. The summed E-state index contributed by atoms with van der Waals surface area (Å²) in [7, 11) is -5.17. The van der Waals surface area contributed by atoms with Crippen LogP contribution < -0.4 is 59.1 Å². The van der Waals surface area contributed by atoms with Crippen molar-refractivity contribution in [1.82, 2.24) is 0 Å². The number of hydrogen-bond donors (Lipinski definition) is 0. The van der Waals surface area contributed by atoms with Gasteiger partial charge in [-0.05, 0) is 12.8 Å². The van der Waals surface area contributed by atoms with Gasteiger partial charge in [-0.2, -0.15) is 0 Å². The first-order valence-electron chi connectivity index (χ1n) is 19.2. The molecular formula is C38H78Na2O5S. The van der Waals surface area contributed by atoms with Gasteiger partial charge in [-0.25, -0.2) is 0 Å². The third-order valence-corrected chi connectivity index (χ3v) is 8.28. The molecule has 0 aliphatic rings. The van der Waals surface area contributed by atoms with Gasteiger partial charge in [0.2, 0.25) is 0 Å². The zero-order valence-electron chi connectivity index (χ0n) is 31.9. The summed E-state index contributed by atoms with van der Waals surface area (Å²) < 4.78 is 40.0. The molecule has 46 heavy (non-hydrogen) atoms. The maximum atomic E-state index is 8.52. The first-order valence-corrected chi connectivity index (χ1v) is 20.5. The summed E-state index contributed by atoms with van der Waals surface area (Å²) in [6, 6.07) is 0. The monoisotopic (exact) mass is 693 g/mol. The molecule has 8 heteroatoms. The third kappa shape index (κ3) is 71.5. The summed E-state index contributed by atoms with van der Waals surface area (Å²) in [5.74, 6) is 0. The molecule has 0 saturated heterocycles. The minimum atomic E-state index is -5.17. The number of hydrogen-bond acceptors (Lipinski definition) is 5. The van der Waals surface area contributed by atoms with Crippen molar-refractivity contribution in [2.45, 2.75) is 219 Å². The van der Waals surface area contributed by atoms with E-state index >= 15 is 0 Å². The van der Waals surface area contributed by atoms with Crippen LogP contribution in [0.2, 0.25) is 0 Å². The van der Waals surface area contributed by atoms with Gasteiger partial charge in [0.25, 0.3) is 0 Å². The topological polar surface area (TPSA) is 89.5 Å². The van der Waals surface area contributed by atoms with Crippen LogP contribution in [0, 0.1) is 0 Å². The van der Waals surface area contributed by atoms with Crippen LogP contribution in [0.4, 0.5) is 0 Å². The molecule has 0 saturated carbocycles. The Kier molecular flexibility index (Phi) is 66.0. The second-order valence-corrected chi connectivity index (χ2v) is 13.4. The first-order chi connectivity index (χ1) is 21.4. The van der Waals surface area contributed by atoms with E-state index in [2.05, 4.69) is 27.0 Å². The average molecular weight is 693 g/mol. The van der Waals surface area contributed by atoms with Gasteiger partial charge in [-0.15, -0.1) is 13.2 Å². The van der Waals surface area contributed by atoms with Crippen molar-refractivity contribution in [2.24, 2.45) is 0 Å². The molecule has 0 N–H and O–H groups in total. The van der Waals surface area contributed by atoms with Crippen LogP contribution >= 0.6 is 0 Å². The Labute approximate surface area is 334 Å². The van der Waals surface area contributed by atoms with Crippen LogP contribution in [0.5, 0.6) is 0 Å². The molecule has 0 unspecified atom stereocenters. The van der Waals surface area contributed by atoms with E-state index in [0.29, 0.717) is 0 Å². The molecule has 0 spiro atoms. The van der Waals surface area contributed by atoms with Gasteiger partial charge in [0.15, 0.2) is 0 Å². The van der Waals surface area contributed by atoms with E-state index in [9.17, 15) is 0 Å². The molecule has 0 aliphatic heterocycles. The van der Waals surface area contributed by atoms with E-state index in [0.717, 1.165) is 13.2 Å². The molecule has 268 valence electrons. The van der Waals surface area contributed by atoms with Gasteiger partial charge in [0, 0.05) is 23.6 Å². The normalized spacial score (nSPS) is 10.6. The minimum absolute atomic E-state index is 0. The fraction of sp³-hybridized carbons (Fsp3) is 0.947. The summed E-state index contributed by atoms with van der Waals surface area (Å²) in [5, 5.41) is 0. The minimum Gasteiger partial charge on any atom is -0.759 e. The maximum Gasteiger partial charge on any atom is 1.00 e. The molecule has 5 nitrogen and oxygen atoms in total. The second kappa shape index (κ2) is 53.4. The quantitative estimate of drug-likeness (QED) is 0.0238. The van der Waals surface area contributed by atoms with E-state index in [1.54, 1.807) is 0 Å². The van der Waals surface area contributed by atoms with E-state index in [1.165, 1.54) is 205 Å². The zero-order valence-corrected chi connectivity index (χ0v) is 36.7. The Balaban J connectivity index is -0.000000563. The molecule has 0 aliphatic carbocycles.